The summed E-state index contributed by atoms with van der Waals surface area (Å²) in [6.07, 6.45) is -8.73. The lowest BCUT2D eigenvalue weighted by Crippen LogP contribution is -2.63. The zero-order valence-electron chi connectivity index (χ0n) is 36.4. The molecule has 4 aliphatic heterocycles. The molecule has 0 aromatic carbocycles. The first-order chi connectivity index (χ1) is 29.4. The van der Waals surface area contributed by atoms with Crippen molar-refractivity contribution in [2.75, 3.05) is 26.9 Å². The second kappa shape index (κ2) is 18.1. The minimum Gasteiger partial charge on any atom is -0.458 e. The fraction of sp³-hybridized carbons (Fsp3) is 0.909. The van der Waals surface area contributed by atoms with Crippen LogP contribution in [0.2, 0.25) is 0 Å². The van der Waals surface area contributed by atoms with E-state index in [1.165, 1.54) is 14.0 Å². The van der Waals surface area contributed by atoms with Gasteiger partial charge in [0.2, 0.25) is 0 Å². The van der Waals surface area contributed by atoms with E-state index in [1.54, 1.807) is 13.0 Å². The van der Waals surface area contributed by atoms with Crippen LogP contribution in [0.5, 0.6) is 0 Å². The van der Waals surface area contributed by atoms with Crippen molar-refractivity contribution in [1.82, 2.24) is 0 Å². The quantitative estimate of drug-likeness (QED) is 0.109. The average molecular weight is 885 g/mol. The fourth-order valence-corrected chi connectivity index (χ4v) is 13.1. The number of carbonyl (C=O) groups excluding carboxylic acids is 2. The van der Waals surface area contributed by atoms with Crippen LogP contribution in [0.15, 0.2) is 11.6 Å². The van der Waals surface area contributed by atoms with Gasteiger partial charge in [-0.1, -0.05) is 13.8 Å². The van der Waals surface area contributed by atoms with Gasteiger partial charge in [-0.15, -0.1) is 0 Å². The molecule has 22 atom stereocenters. The van der Waals surface area contributed by atoms with Gasteiger partial charge < -0.3 is 78.4 Å². The van der Waals surface area contributed by atoms with Crippen LogP contribution in [0.25, 0.3) is 0 Å². The molecule has 0 aromatic heterocycles. The Kier molecular flexibility index (Phi) is 13.6. The maximum Gasteiger partial charge on any atom is 0.331 e. The van der Waals surface area contributed by atoms with Gasteiger partial charge in [-0.05, 0) is 99.4 Å². The summed E-state index contributed by atoms with van der Waals surface area (Å²) in [5, 5.41) is 77.8. The lowest BCUT2D eigenvalue weighted by molar-refractivity contribution is -0.342. The van der Waals surface area contributed by atoms with Gasteiger partial charge in [0.05, 0.1) is 31.0 Å². The normalized spacial score (nSPS) is 51.7. The average Bonchev–Trinajstić information content (AvgIpc) is 3.79. The predicted octanol–water partition coefficient (Wildman–Crippen LogP) is 0.359. The summed E-state index contributed by atoms with van der Waals surface area (Å²) < 4.78 is 52.0. The Bertz CT molecular complexity index is 1650. The van der Waals surface area contributed by atoms with E-state index in [0.29, 0.717) is 37.7 Å². The third-order valence-corrected chi connectivity index (χ3v) is 16.7. The van der Waals surface area contributed by atoms with Crippen molar-refractivity contribution in [2.45, 2.75) is 190 Å². The summed E-state index contributed by atoms with van der Waals surface area (Å²) >= 11 is 0. The highest BCUT2D eigenvalue weighted by molar-refractivity contribution is 5.85. The molecule has 0 radical (unpaired) electrons. The summed E-state index contributed by atoms with van der Waals surface area (Å²) in [7, 11) is 1.47. The maximum absolute atomic E-state index is 12.6. The van der Waals surface area contributed by atoms with Gasteiger partial charge in [0.1, 0.15) is 61.5 Å². The minimum atomic E-state index is -1.71. The van der Waals surface area contributed by atoms with Crippen molar-refractivity contribution in [2.24, 2.45) is 34.5 Å². The molecule has 4 heterocycles. The summed E-state index contributed by atoms with van der Waals surface area (Å²) in [5.74, 6) is 0.101. The van der Waals surface area contributed by atoms with Gasteiger partial charge in [0, 0.05) is 31.9 Å². The Morgan fingerprint density at radius 2 is 1.47 bits per heavy atom. The van der Waals surface area contributed by atoms with E-state index in [9.17, 15) is 45.3 Å². The molecule has 18 nitrogen and oxygen atoms in total. The van der Waals surface area contributed by atoms with E-state index in [2.05, 4.69) is 13.8 Å². The predicted molar refractivity (Wildman–Crippen MR) is 211 cm³/mol. The standard InChI is InChI=1S/C44H68O18/c1-20-39(59-21(2)45)28(54-5)16-32(58-20)56-18-29-33(47)35(49)37(51)40(61-29)57-19-30-34(48)36(50)38(52)41(62-30)60-24-8-11-42(3)23(15-24)6-7-27-26(42)9-12-43(4)25(10-13-44(27,43)53)22-14-31(46)55-17-22/h14,20,23-30,32-41,47-53H,6-13,15-19H2,1-5H3/t20-,23+,24+,25+,26-,27+,28+,29-,30+,32+,33-,34+,35-,36-,37-,38+,39-,40-,41+,42-,43+,44+/m1/s1. The van der Waals surface area contributed by atoms with Gasteiger partial charge in [-0.25, -0.2) is 4.79 Å². The van der Waals surface area contributed by atoms with Crippen LogP contribution in [0.3, 0.4) is 0 Å². The third-order valence-electron chi connectivity index (χ3n) is 16.7. The molecular formula is C44H68O18. The second-order valence-corrected chi connectivity index (χ2v) is 19.9. The summed E-state index contributed by atoms with van der Waals surface area (Å²) in [4.78, 5) is 23.6. The number of methoxy groups -OCH3 is 1. The molecule has 4 saturated carbocycles. The van der Waals surface area contributed by atoms with Crippen LogP contribution in [-0.2, 0) is 52.2 Å². The van der Waals surface area contributed by atoms with E-state index >= 15 is 0 Å². The number of fused-ring (bicyclic) bond motifs is 5. The first-order valence-corrected chi connectivity index (χ1v) is 22.6. The molecule has 8 aliphatic rings. The first kappa shape index (κ1) is 46.6. The Morgan fingerprint density at radius 1 is 0.790 bits per heavy atom. The molecule has 4 aliphatic carbocycles. The number of hydrogen-bond acceptors (Lipinski definition) is 18. The lowest BCUT2D eigenvalue weighted by Gasteiger charge is -2.64. The summed E-state index contributed by atoms with van der Waals surface area (Å²) in [6, 6.07) is 0. The molecule has 0 spiro atoms. The monoisotopic (exact) mass is 884 g/mol. The molecule has 0 aromatic rings. The van der Waals surface area contributed by atoms with Gasteiger partial charge in [-0.3, -0.25) is 4.79 Å². The van der Waals surface area contributed by atoms with Crippen molar-refractivity contribution in [3.05, 3.63) is 11.6 Å². The van der Waals surface area contributed by atoms with E-state index in [4.69, 9.17) is 42.6 Å². The van der Waals surface area contributed by atoms with Crippen LogP contribution in [0, 0.1) is 34.5 Å². The topological polar surface area (TPSA) is 259 Å². The molecular weight excluding hydrogens is 816 g/mol. The summed E-state index contributed by atoms with van der Waals surface area (Å²) in [6.45, 7) is 7.13. The fourth-order valence-electron chi connectivity index (χ4n) is 13.1. The highest BCUT2D eigenvalue weighted by atomic mass is 16.7. The lowest BCUT2D eigenvalue weighted by atomic mass is 9.43. The van der Waals surface area contributed by atoms with Gasteiger partial charge >= 0.3 is 11.9 Å². The molecule has 0 amide bonds. The Hall–Kier alpha value is -1.88. The molecule has 0 unspecified atom stereocenters. The van der Waals surface area contributed by atoms with Crippen LogP contribution >= 0.6 is 0 Å². The Balaban J connectivity index is 0.853. The van der Waals surface area contributed by atoms with E-state index in [-0.39, 0.29) is 47.8 Å². The smallest absolute Gasteiger partial charge is 0.331 e. The van der Waals surface area contributed by atoms with Gasteiger partial charge in [0.25, 0.3) is 0 Å². The van der Waals surface area contributed by atoms with Crippen molar-refractivity contribution < 1.29 is 88.0 Å². The second-order valence-electron chi connectivity index (χ2n) is 19.9. The van der Waals surface area contributed by atoms with Crippen LogP contribution in [0.4, 0.5) is 0 Å². The van der Waals surface area contributed by atoms with Crippen molar-refractivity contribution >= 4 is 11.9 Å². The number of aliphatic hydroxyl groups excluding tert-OH is 6. The number of ether oxygens (including phenoxy) is 9. The van der Waals surface area contributed by atoms with E-state index in [1.807, 2.05) is 0 Å². The number of rotatable bonds is 11. The molecule has 18 heteroatoms. The zero-order valence-corrected chi connectivity index (χ0v) is 36.4. The highest BCUT2D eigenvalue weighted by Gasteiger charge is 2.68. The Labute approximate surface area is 362 Å². The van der Waals surface area contributed by atoms with Crippen LogP contribution in [-0.4, -0.2) is 172 Å². The largest absolute Gasteiger partial charge is 0.458 e. The number of hydrogen-bond donors (Lipinski definition) is 7. The van der Waals surface area contributed by atoms with Crippen LogP contribution < -0.4 is 0 Å². The van der Waals surface area contributed by atoms with Crippen molar-refractivity contribution in [1.29, 1.82) is 0 Å². The maximum atomic E-state index is 12.6. The van der Waals surface area contributed by atoms with E-state index < -0.39 is 104 Å². The molecule has 8 rings (SSSR count). The number of cyclic esters (lactones) is 1. The van der Waals surface area contributed by atoms with Gasteiger partial charge in [-0.2, -0.15) is 0 Å². The van der Waals surface area contributed by atoms with E-state index in [0.717, 1.165) is 44.1 Å². The zero-order chi connectivity index (χ0) is 44.5. The van der Waals surface area contributed by atoms with Crippen molar-refractivity contribution in [3.8, 4) is 0 Å². The number of carbonyl (C=O) groups is 2. The molecule has 0 bridgehead atoms. The van der Waals surface area contributed by atoms with Gasteiger partial charge in [0.15, 0.2) is 25.0 Å². The molecule has 7 fully saturated rings. The summed E-state index contributed by atoms with van der Waals surface area (Å²) in [5.41, 5.74) is -0.180. The minimum absolute atomic E-state index is 0.0356. The van der Waals surface area contributed by atoms with Crippen molar-refractivity contribution in [3.63, 3.8) is 0 Å². The number of esters is 2. The Morgan fingerprint density at radius 3 is 2.13 bits per heavy atom. The molecule has 3 saturated heterocycles. The third kappa shape index (κ3) is 8.30. The first-order valence-electron chi connectivity index (χ1n) is 22.6. The van der Waals surface area contributed by atoms with Crippen LogP contribution in [0.1, 0.15) is 91.9 Å². The molecule has 7 N–H and O–H groups in total. The molecule has 352 valence electrons. The number of aliphatic hydroxyl groups is 7. The molecule has 62 heavy (non-hydrogen) atoms. The highest BCUT2D eigenvalue weighted by Crippen LogP contribution is 2.70. The SMILES string of the molecule is CO[C@H]1C[C@@H](OC[C@H]2O[C@@H](OC[C@@H]3O[C@H](O[C@H]4CC[C@]5(C)[C@@H](CC[C@H]6[C@H]5CC[C@@]5(C)[C@H](C7=CC(=O)OC7)CC[C@]65O)C4)[C@@H](O)[C@H](O)[C@H]3O)[C@H](O)[C@H](O)[C@@H]2O)O[C@H](C)[C@H]1OC(C)=O.